The molecule has 0 bridgehead atoms. The Morgan fingerprint density at radius 3 is 2.79 bits per heavy atom. The lowest BCUT2D eigenvalue weighted by Gasteiger charge is -2.09. The summed E-state index contributed by atoms with van der Waals surface area (Å²) < 4.78 is 5.11. The molecule has 3 N–H and O–H groups in total. The quantitative estimate of drug-likeness (QED) is 0.364. The Kier molecular flexibility index (Phi) is 7.16. The summed E-state index contributed by atoms with van der Waals surface area (Å²) in [6.07, 6.45) is 0. The molecule has 3 rings (SSSR count). The first-order valence-electron chi connectivity index (χ1n) is 8.80. The second-order valence-electron chi connectivity index (χ2n) is 6.06. The molecule has 7 nitrogen and oxygen atoms in total. The van der Waals surface area contributed by atoms with Crippen molar-refractivity contribution in [2.24, 2.45) is 0 Å². The first-order valence-corrected chi connectivity index (χ1v) is 9.99. The van der Waals surface area contributed by atoms with Gasteiger partial charge in [-0.15, -0.1) is 11.3 Å². The van der Waals surface area contributed by atoms with E-state index in [0.29, 0.717) is 31.1 Å². The topological polar surface area (TPSA) is 96.4 Å². The number of hydrogen-bond donors (Lipinski definition) is 3. The Bertz CT molecular complexity index is 946. The summed E-state index contributed by atoms with van der Waals surface area (Å²) in [6.45, 7) is 3.58. The van der Waals surface area contributed by atoms with Gasteiger partial charge in [-0.25, -0.2) is 9.97 Å². The summed E-state index contributed by atoms with van der Waals surface area (Å²) in [5.41, 5.74) is 1.59. The molecule has 28 heavy (non-hydrogen) atoms. The van der Waals surface area contributed by atoms with E-state index in [4.69, 9.17) is 21.4 Å². The zero-order chi connectivity index (χ0) is 19.9. The second kappa shape index (κ2) is 9.79. The van der Waals surface area contributed by atoms with Crippen LogP contribution >= 0.6 is 22.9 Å². The molecule has 0 aliphatic heterocycles. The van der Waals surface area contributed by atoms with Crippen molar-refractivity contribution in [3.05, 3.63) is 51.6 Å². The van der Waals surface area contributed by atoms with Gasteiger partial charge in [0.2, 0.25) is 5.28 Å². The lowest BCUT2D eigenvalue weighted by atomic mass is 10.1. The predicted octanol–water partition coefficient (Wildman–Crippen LogP) is 3.00. The van der Waals surface area contributed by atoms with E-state index in [1.807, 2.05) is 25.1 Å². The molecule has 1 aromatic carbocycles. The van der Waals surface area contributed by atoms with Crippen molar-refractivity contribution in [3.8, 4) is 0 Å². The van der Waals surface area contributed by atoms with E-state index in [1.54, 1.807) is 23.5 Å². The van der Waals surface area contributed by atoms with Gasteiger partial charge in [-0.3, -0.25) is 4.79 Å². The van der Waals surface area contributed by atoms with Crippen molar-refractivity contribution in [1.29, 1.82) is 0 Å². The standard InChI is InChI=1S/C19H21ClN4O3S/c1-12-10-15-16(23-19(20)24-18(15)28-12)22-11-13-2-4-14(5-3-13)17(26)21-6-8-27-9-7-25/h2-5,10,25H,6-9,11H2,1H3,(H,21,26)(H,22,23,24). The van der Waals surface area contributed by atoms with Crippen molar-refractivity contribution in [2.75, 3.05) is 31.7 Å². The fourth-order valence-corrected chi connectivity index (χ4v) is 3.71. The normalized spacial score (nSPS) is 11.0. The molecule has 0 atom stereocenters. The maximum Gasteiger partial charge on any atom is 0.251 e. The number of thiophene rings is 1. The molecule has 0 aliphatic rings. The van der Waals surface area contributed by atoms with Crippen molar-refractivity contribution >= 4 is 44.9 Å². The Hall–Kier alpha value is -2.26. The molecule has 0 radical (unpaired) electrons. The molecule has 1 amide bonds. The van der Waals surface area contributed by atoms with Crippen LogP contribution in [0.5, 0.6) is 0 Å². The lowest BCUT2D eigenvalue weighted by molar-refractivity contribution is 0.0838. The number of aryl methyl sites for hydroxylation is 1. The highest BCUT2D eigenvalue weighted by Crippen LogP contribution is 2.29. The van der Waals surface area contributed by atoms with Gasteiger partial charge in [-0.05, 0) is 42.3 Å². The third-order valence-corrected chi connectivity index (χ3v) is 5.05. The highest BCUT2D eigenvalue weighted by atomic mass is 35.5. The van der Waals surface area contributed by atoms with Crippen molar-refractivity contribution in [3.63, 3.8) is 0 Å². The van der Waals surface area contributed by atoms with Crippen LogP contribution in [0.2, 0.25) is 5.28 Å². The number of carbonyl (C=O) groups is 1. The maximum atomic E-state index is 12.1. The van der Waals surface area contributed by atoms with Crippen molar-refractivity contribution < 1.29 is 14.6 Å². The van der Waals surface area contributed by atoms with E-state index in [0.717, 1.165) is 20.7 Å². The zero-order valence-corrected chi connectivity index (χ0v) is 16.9. The lowest BCUT2D eigenvalue weighted by Crippen LogP contribution is -2.27. The van der Waals surface area contributed by atoms with Crippen LogP contribution in [0.25, 0.3) is 10.2 Å². The van der Waals surface area contributed by atoms with Crippen LogP contribution in [0.1, 0.15) is 20.8 Å². The second-order valence-corrected chi connectivity index (χ2v) is 7.63. The smallest absolute Gasteiger partial charge is 0.251 e. The molecule has 0 aliphatic carbocycles. The highest BCUT2D eigenvalue weighted by molar-refractivity contribution is 7.18. The molecular weight excluding hydrogens is 400 g/mol. The predicted molar refractivity (Wildman–Crippen MR) is 111 cm³/mol. The van der Waals surface area contributed by atoms with Crippen LogP contribution in [-0.2, 0) is 11.3 Å². The Morgan fingerprint density at radius 1 is 1.25 bits per heavy atom. The van der Waals surface area contributed by atoms with E-state index < -0.39 is 0 Å². The summed E-state index contributed by atoms with van der Waals surface area (Å²) in [6, 6.07) is 9.37. The van der Waals surface area contributed by atoms with Crippen LogP contribution in [0, 0.1) is 6.92 Å². The van der Waals surface area contributed by atoms with Gasteiger partial charge in [0, 0.05) is 23.5 Å². The number of amides is 1. The van der Waals surface area contributed by atoms with E-state index in [1.165, 1.54) is 0 Å². The van der Waals surface area contributed by atoms with Gasteiger partial charge in [-0.2, -0.15) is 0 Å². The minimum Gasteiger partial charge on any atom is -0.394 e. The van der Waals surface area contributed by atoms with Gasteiger partial charge >= 0.3 is 0 Å². The van der Waals surface area contributed by atoms with Crippen LogP contribution in [0.4, 0.5) is 5.82 Å². The van der Waals surface area contributed by atoms with Gasteiger partial charge in [0.05, 0.1) is 25.2 Å². The highest BCUT2D eigenvalue weighted by Gasteiger charge is 2.10. The number of hydrogen-bond acceptors (Lipinski definition) is 7. The molecule has 2 aromatic heterocycles. The van der Waals surface area contributed by atoms with Gasteiger partial charge in [-0.1, -0.05) is 12.1 Å². The summed E-state index contributed by atoms with van der Waals surface area (Å²) in [5, 5.41) is 15.9. The fourth-order valence-electron chi connectivity index (χ4n) is 2.62. The number of aromatic nitrogens is 2. The minimum absolute atomic E-state index is 0.0256. The van der Waals surface area contributed by atoms with Crippen LogP contribution in [0.3, 0.4) is 0 Å². The molecule has 3 aromatic rings. The number of ether oxygens (including phenoxy) is 1. The molecule has 0 unspecified atom stereocenters. The SMILES string of the molecule is Cc1cc2c(NCc3ccc(C(=O)NCCOCCO)cc3)nc(Cl)nc2s1. The molecule has 0 spiro atoms. The number of rotatable bonds is 9. The number of carbonyl (C=O) groups excluding carboxylic acids is 1. The van der Waals surface area contributed by atoms with Crippen LogP contribution in [-0.4, -0.2) is 47.3 Å². The van der Waals surface area contributed by atoms with Crippen LogP contribution in [0.15, 0.2) is 30.3 Å². The Morgan fingerprint density at radius 2 is 2.04 bits per heavy atom. The first-order chi connectivity index (χ1) is 13.6. The van der Waals surface area contributed by atoms with E-state index in [9.17, 15) is 4.79 Å². The average Bonchev–Trinajstić information content (AvgIpc) is 3.06. The summed E-state index contributed by atoms with van der Waals surface area (Å²) >= 11 is 7.60. The Balaban J connectivity index is 1.57. The number of anilines is 1. The van der Waals surface area contributed by atoms with E-state index >= 15 is 0 Å². The monoisotopic (exact) mass is 420 g/mol. The first kappa shape index (κ1) is 20.5. The van der Waals surface area contributed by atoms with E-state index in [-0.39, 0.29) is 24.4 Å². The zero-order valence-electron chi connectivity index (χ0n) is 15.4. The van der Waals surface area contributed by atoms with Gasteiger partial charge in [0.25, 0.3) is 5.91 Å². The number of aliphatic hydroxyl groups is 1. The number of halogens is 1. The van der Waals surface area contributed by atoms with Gasteiger partial charge in [0.15, 0.2) is 0 Å². The number of aliphatic hydroxyl groups excluding tert-OH is 1. The molecule has 148 valence electrons. The average molecular weight is 421 g/mol. The fraction of sp³-hybridized carbons (Fsp3) is 0.316. The van der Waals surface area contributed by atoms with Crippen molar-refractivity contribution in [1.82, 2.24) is 15.3 Å². The third-order valence-electron chi connectivity index (χ3n) is 3.93. The molecule has 9 heteroatoms. The largest absolute Gasteiger partial charge is 0.394 e. The Labute approximate surface area is 171 Å². The van der Waals surface area contributed by atoms with Gasteiger partial charge in [0.1, 0.15) is 10.6 Å². The van der Waals surface area contributed by atoms with E-state index in [2.05, 4.69) is 20.6 Å². The summed E-state index contributed by atoms with van der Waals surface area (Å²) in [7, 11) is 0. The molecule has 2 heterocycles. The number of nitrogens with zero attached hydrogens (tertiary/aromatic N) is 2. The molecule has 0 saturated carbocycles. The summed E-state index contributed by atoms with van der Waals surface area (Å²) in [5.74, 6) is 0.536. The maximum absolute atomic E-state index is 12.1. The number of benzene rings is 1. The number of nitrogens with one attached hydrogen (secondary N) is 2. The van der Waals surface area contributed by atoms with Crippen LogP contribution < -0.4 is 10.6 Å². The minimum atomic E-state index is -0.162. The number of fused-ring (bicyclic) bond motifs is 1. The molecule has 0 saturated heterocycles. The third kappa shape index (κ3) is 5.39. The molecular formula is C19H21ClN4O3S. The van der Waals surface area contributed by atoms with Gasteiger partial charge < -0.3 is 20.5 Å². The summed E-state index contributed by atoms with van der Waals surface area (Å²) in [4.78, 5) is 22.6. The molecule has 0 fully saturated rings. The van der Waals surface area contributed by atoms with Crippen molar-refractivity contribution in [2.45, 2.75) is 13.5 Å².